The number of hydrogen-bond acceptors (Lipinski definition) is 5. The molecule has 2 aromatic rings. The van der Waals surface area contributed by atoms with E-state index in [0.717, 1.165) is 18.3 Å². The van der Waals surface area contributed by atoms with E-state index in [1.54, 1.807) is 31.2 Å². The Kier molecular flexibility index (Phi) is 6.03. The summed E-state index contributed by atoms with van der Waals surface area (Å²) in [6, 6.07) is 6.33. The quantitative estimate of drug-likeness (QED) is 0.668. The van der Waals surface area contributed by atoms with E-state index in [1.807, 2.05) is 0 Å². The van der Waals surface area contributed by atoms with Gasteiger partial charge in [0.05, 0.1) is 11.1 Å². The fourth-order valence-corrected chi connectivity index (χ4v) is 5.86. The van der Waals surface area contributed by atoms with Crippen molar-refractivity contribution in [3.63, 3.8) is 0 Å². The van der Waals surface area contributed by atoms with Gasteiger partial charge < -0.3 is 19.8 Å². The van der Waals surface area contributed by atoms with Crippen LogP contribution in [0.4, 0.5) is 0 Å². The molecule has 0 spiro atoms. The zero-order valence-corrected chi connectivity index (χ0v) is 19.2. The van der Waals surface area contributed by atoms with Crippen molar-refractivity contribution in [1.82, 2.24) is 15.2 Å². The molecule has 2 saturated carbocycles. The number of benzene rings is 1. The molecule has 2 amide bonds. The molecule has 1 aromatic carbocycles. The van der Waals surface area contributed by atoms with Gasteiger partial charge in [-0.2, -0.15) is 0 Å². The summed E-state index contributed by atoms with van der Waals surface area (Å²) < 4.78 is 12.2. The first-order valence-corrected chi connectivity index (χ1v) is 12.2. The Bertz CT molecular complexity index is 1080. The summed E-state index contributed by atoms with van der Waals surface area (Å²) in [7, 11) is 0. The minimum atomic E-state index is -0.734. The van der Waals surface area contributed by atoms with Gasteiger partial charge in [-0.25, -0.2) is 4.79 Å². The van der Waals surface area contributed by atoms with Crippen LogP contribution in [0.15, 0.2) is 33.5 Å². The molecule has 2 heterocycles. The molecule has 2 aliphatic carbocycles. The number of fused-ring (bicyclic) bond motifs is 2. The van der Waals surface area contributed by atoms with E-state index in [-0.39, 0.29) is 11.8 Å². The second-order valence-electron chi connectivity index (χ2n) is 10.1. The first-order valence-electron chi connectivity index (χ1n) is 12.2. The fraction of sp³-hybridized carbons (Fsp3) is 0.640. The van der Waals surface area contributed by atoms with E-state index in [9.17, 15) is 14.4 Å². The zero-order chi connectivity index (χ0) is 23.0. The van der Waals surface area contributed by atoms with Crippen LogP contribution in [-0.2, 0) is 14.3 Å². The highest BCUT2D eigenvalue weighted by atomic mass is 16.5. The van der Waals surface area contributed by atoms with Crippen LogP contribution in [0.25, 0.3) is 11.1 Å². The molecule has 2 N–H and O–H groups in total. The largest absolute Gasteiger partial charge is 0.420 e. The van der Waals surface area contributed by atoms with Crippen LogP contribution >= 0.6 is 0 Å². The summed E-state index contributed by atoms with van der Waals surface area (Å²) in [5.41, 5.74) is 0.521. The molecule has 1 aromatic heterocycles. The number of amides is 2. The molecule has 4 atom stereocenters. The Morgan fingerprint density at radius 1 is 1.21 bits per heavy atom. The van der Waals surface area contributed by atoms with Crippen molar-refractivity contribution < 1.29 is 18.7 Å². The van der Waals surface area contributed by atoms with E-state index in [4.69, 9.17) is 9.15 Å². The number of ether oxygens (including phenoxy) is 1. The van der Waals surface area contributed by atoms with Gasteiger partial charge in [0.15, 0.2) is 5.58 Å². The molecular formula is C25H33N3O5. The van der Waals surface area contributed by atoms with Crippen molar-refractivity contribution in [2.24, 2.45) is 17.8 Å². The van der Waals surface area contributed by atoms with Crippen LogP contribution in [0.5, 0.6) is 0 Å². The Morgan fingerprint density at radius 2 is 2.00 bits per heavy atom. The van der Waals surface area contributed by atoms with E-state index >= 15 is 0 Å². The van der Waals surface area contributed by atoms with Gasteiger partial charge in [-0.1, -0.05) is 25.0 Å². The van der Waals surface area contributed by atoms with Gasteiger partial charge in [0.2, 0.25) is 11.8 Å². The van der Waals surface area contributed by atoms with Crippen LogP contribution in [-0.4, -0.2) is 41.7 Å². The van der Waals surface area contributed by atoms with Gasteiger partial charge in [0, 0.05) is 26.2 Å². The lowest BCUT2D eigenvalue weighted by atomic mass is 9.85. The van der Waals surface area contributed by atoms with Crippen LogP contribution < -0.4 is 16.4 Å². The molecule has 3 aliphatic rings. The Labute approximate surface area is 193 Å². The van der Waals surface area contributed by atoms with E-state index in [1.165, 1.54) is 23.8 Å². The van der Waals surface area contributed by atoms with Crippen molar-refractivity contribution in [3.05, 3.63) is 34.8 Å². The molecule has 1 saturated heterocycles. The van der Waals surface area contributed by atoms with Gasteiger partial charge in [0.1, 0.15) is 6.04 Å². The van der Waals surface area contributed by atoms with Gasteiger partial charge >= 0.3 is 5.76 Å². The van der Waals surface area contributed by atoms with Crippen molar-refractivity contribution in [2.45, 2.75) is 63.5 Å². The second kappa shape index (κ2) is 8.97. The van der Waals surface area contributed by atoms with E-state index in [2.05, 4.69) is 10.6 Å². The molecule has 8 heteroatoms. The maximum absolute atomic E-state index is 13.0. The summed E-state index contributed by atoms with van der Waals surface area (Å²) >= 11 is 0. The lowest BCUT2D eigenvalue weighted by Crippen LogP contribution is -2.59. The van der Waals surface area contributed by atoms with Crippen molar-refractivity contribution in [1.29, 1.82) is 0 Å². The third-order valence-corrected chi connectivity index (χ3v) is 7.92. The molecule has 0 radical (unpaired) electrons. The molecule has 4 unspecified atom stereocenters. The predicted octanol–water partition coefficient (Wildman–Crippen LogP) is 2.76. The van der Waals surface area contributed by atoms with Crippen molar-refractivity contribution in [3.8, 4) is 0 Å². The number of aromatic nitrogens is 1. The molecule has 8 nitrogen and oxygen atoms in total. The lowest BCUT2D eigenvalue weighted by Gasteiger charge is -2.39. The Balaban J connectivity index is 1.24. The van der Waals surface area contributed by atoms with Crippen LogP contribution in [0.1, 0.15) is 57.9 Å². The Hall–Kier alpha value is -2.61. The molecular weight excluding hydrogens is 422 g/mol. The Morgan fingerprint density at radius 3 is 2.82 bits per heavy atom. The standard InChI is InChI=1S/C25H33N3O5/c1-16(28-20-7-2-3-8-21(20)33-24(28)31)23(30)26-15-25(9-11-32-12-10-25)27-22(29)14-18-6-4-5-17-13-19(17)18/h2-3,7-8,16-19H,4-6,9-15H2,1H3,(H,26,30)(H,27,29). The zero-order valence-electron chi connectivity index (χ0n) is 19.2. The SMILES string of the molecule is CC(C(=O)NCC1(NC(=O)CC2CCCC3CC23)CCOCC1)n1c(=O)oc2ccccc21. The third kappa shape index (κ3) is 4.58. The minimum absolute atomic E-state index is 0.0776. The van der Waals surface area contributed by atoms with E-state index < -0.39 is 17.3 Å². The number of carbonyl (C=O) groups is 2. The van der Waals surface area contributed by atoms with Crippen molar-refractivity contribution in [2.75, 3.05) is 19.8 Å². The number of nitrogens with one attached hydrogen (secondary N) is 2. The van der Waals surface area contributed by atoms with Crippen LogP contribution in [0.2, 0.25) is 0 Å². The molecule has 178 valence electrons. The maximum atomic E-state index is 13.0. The number of carbonyl (C=O) groups excluding carboxylic acids is 2. The first kappa shape index (κ1) is 22.2. The first-order chi connectivity index (χ1) is 16.0. The second-order valence-corrected chi connectivity index (χ2v) is 10.1. The number of hydrogen-bond donors (Lipinski definition) is 2. The highest BCUT2D eigenvalue weighted by molar-refractivity contribution is 5.83. The summed E-state index contributed by atoms with van der Waals surface area (Å²) in [5.74, 6) is 1.32. The number of nitrogens with zero attached hydrogens (tertiary/aromatic N) is 1. The van der Waals surface area contributed by atoms with Crippen molar-refractivity contribution >= 4 is 22.9 Å². The van der Waals surface area contributed by atoms with Crippen LogP contribution in [0, 0.1) is 17.8 Å². The van der Waals surface area contributed by atoms with Gasteiger partial charge in [-0.05, 0) is 62.5 Å². The number of oxazole rings is 1. The number of para-hydroxylation sites is 2. The highest BCUT2D eigenvalue weighted by Crippen LogP contribution is 2.53. The minimum Gasteiger partial charge on any atom is -0.408 e. The predicted molar refractivity (Wildman–Crippen MR) is 123 cm³/mol. The summed E-state index contributed by atoms with van der Waals surface area (Å²) in [6.45, 7) is 3.09. The van der Waals surface area contributed by atoms with Gasteiger partial charge in [-0.3, -0.25) is 14.2 Å². The molecule has 5 rings (SSSR count). The van der Waals surface area contributed by atoms with E-state index in [0.29, 0.717) is 56.0 Å². The normalized spacial score (nSPS) is 26.9. The smallest absolute Gasteiger partial charge is 0.408 e. The topological polar surface area (TPSA) is 103 Å². The van der Waals surface area contributed by atoms with Gasteiger partial charge in [0.25, 0.3) is 0 Å². The van der Waals surface area contributed by atoms with Crippen LogP contribution in [0.3, 0.4) is 0 Å². The molecule has 3 fully saturated rings. The summed E-state index contributed by atoms with van der Waals surface area (Å²) in [4.78, 5) is 38.4. The molecule has 0 bridgehead atoms. The summed E-state index contributed by atoms with van der Waals surface area (Å²) in [5, 5.41) is 6.26. The maximum Gasteiger partial charge on any atom is 0.420 e. The van der Waals surface area contributed by atoms with Gasteiger partial charge in [-0.15, -0.1) is 0 Å². The summed E-state index contributed by atoms with van der Waals surface area (Å²) in [6.07, 6.45) is 6.86. The average molecular weight is 456 g/mol. The lowest BCUT2D eigenvalue weighted by molar-refractivity contribution is -0.128. The monoisotopic (exact) mass is 455 g/mol. The fourth-order valence-electron chi connectivity index (χ4n) is 5.86. The molecule has 33 heavy (non-hydrogen) atoms. The third-order valence-electron chi connectivity index (χ3n) is 7.92. The average Bonchev–Trinajstić information content (AvgIpc) is 3.53. The number of rotatable bonds is 7. The molecule has 1 aliphatic heterocycles. The highest BCUT2D eigenvalue weighted by Gasteiger charge is 2.46.